The predicted octanol–water partition coefficient (Wildman–Crippen LogP) is 1.74. The normalized spacial score (nSPS) is 10.9. The topological polar surface area (TPSA) is 72.5 Å². The van der Waals surface area contributed by atoms with Gasteiger partial charge in [0.05, 0.1) is 10.5 Å². The highest BCUT2D eigenvalue weighted by Gasteiger charge is 2.16. The first-order valence-electron chi connectivity index (χ1n) is 5.43. The van der Waals surface area contributed by atoms with Crippen LogP contribution in [0.1, 0.15) is 10.4 Å². The maximum Gasteiger partial charge on any atom is 0.357 e. The second-order valence-corrected chi connectivity index (χ2v) is 5.30. The highest BCUT2D eigenvalue weighted by molar-refractivity contribution is 7.89. The minimum atomic E-state index is -3.86. The molecule has 19 heavy (non-hydrogen) atoms. The van der Waals surface area contributed by atoms with Gasteiger partial charge in [0, 0.05) is 0 Å². The van der Waals surface area contributed by atoms with Crippen LogP contribution in [-0.4, -0.2) is 14.4 Å². The second-order valence-electron chi connectivity index (χ2n) is 3.66. The number of hydrogen-bond donors (Lipinski definition) is 1. The molecule has 0 bridgehead atoms. The largest absolute Gasteiger partial charge is 0.357 e. The lowest BCUT2D eigenvalue weighted by atomic mass is 10.2. The maximum atomic E-state index is 11.8. The summed E-state index contributed by atoms with van der Waals surface area (Å²) >= 11 is 0. The Bertz CT molecular complexity index is 654. The fourth-order valence-electron chi connectivity index (χ4n) is 1.37. The molecular weight excluding hydrogens is 266 g/mol. The van der Waals surface area contributed by atoms with E-state index >= 15 is 0 Å². The van der Waals surface area contributed by atoms with Crippen molar-refractivity contribution in [1.29, 1.82) is 0 Å². The van der Waals surface area contributed by atoms with Gasteiger partial charge in [-0.25, -0.2) is 13.2 Å². The average Bonchev–Trinajstić information content (AvgIpc) is 2.47. The van der Waals surface area contributed by atoms with Crippen LogP contribution in [0.5, 0.6) is 0 Å². The summed E-state index contributed by atoms with van der Waals surface area (Å²) in [7, 11) is -3.86. The highest BCUT2D eigenvalue weighted by atomic mass is 32.2. The van der Waals surface area contributed by atoms with Gasteiger partial charge in [-0.15, -0.1) is 0 Å². The third-order valence-corrected chi connectivity index (χ3v) is 3.50. The molecule has 0 aromatic heterocycles. The highest BCUT2D eigenvalue weighted by Crippen LogP contribution is 2.07. The summed E-state index contributed by atoms with van der Waals surface area (Å²) in [5, 5.41) is 0. The van der Waals surface area contributed by atoms with Crippen molar-refractivity contribution >= 4 is 16.0 Å². The molecule has 0 heterocycles. The van der Waals surface area contributed by atoms with Crippen LogP contribution in [0.4, 0.5) is 0 Å². The van der Waals surface area contributed by atoms with E-state index in [1.165, 1.54) is 24.3 Å². The smallest absolute Gasteiger partial charge is 0.351 e. The molecule has 2 aromatic rings. The quantitative estimate of drug-likeness (QED) is 0.864. The summed E-state index contributed by atoms with van der Waals surface area (Å²) in [6.07, 6.45) is 0. The average molecular weight is 277 g/mol. The minimum Gasteiger partial charge on any atom is -0.351 e. The first-order valence-corrected chi connectivity index (χ1v) is 6.91. The first kappa shape index (κ1) is 13.3. The monoisotopic (exact) mass is 277 g/mol. The molecule has 0 unspecified atom stereocenters. The van der Waals surface area contributed by atoms with E-state index in [0.29, 0.717) is 0 Å². The van der Waals surface area contributed by atoms with Crippen molar-refractivity contribution < 1.29 is 18.0 Å². The van der Waals surface area contributed by atoms with Crippen LogP contribution in [0, 0.1) is 0 Å². The number of hydrogen-bond acceptors (Lipinski definition) is 4. The van der Waals surface area contributed by atoms with Gasteiger partial charge in [0.1, 0.15) is 0 Å². The molecule has 0 radical (unpaired) electrons. The molecule has 0 aliphatic carbocycles. The van der Waals surface area contributed by atoms with Gasteiger partial charge in [0.2, 0.25) is 0 Å². The zero-order valence-electron chi connectivity index (χ0n) is 9.81. The van der Waals surface area contributed by atoms with Crippen LogP contribution in [0.15, 0.2) is 65.6 Å². The van der Waals surface area contributed by atoms with Crippen molar-refractivity contribution in [2.75, 3.05) is 0 Å². The van der Waals surface area contributed by atoms with Crippen LogP contribution in [0.25, 0.3) is 0 Å². The van der Waals surface area contributed by atoms with Gasteiger partial charge in [0.25, 0.3) is 10.0 Å². The maximum absolute atomic E-state index is 11.8. The Morgan fingerprint density at radius 2 is 1.42 bits per heavy atom. The van der Waals surface area contributed by atoms with Crippen LogP contribution >= 0.6 is 0 Å². The van der Waals surface area contributed by atoms with Crippen molar-refractivity contribution in [2.24, 2.45) is 0 Å². The summed E-state index contributed by atoms with van der Waals surface area (Å²) < 4.78 is 23.6. The molecule has 0 spiro atoms. The standard InChI is InChI=1S/C13H11NO4S/c15-13(11-7-3-1-4-8-11)18-14-19(16,17)12-9-5-2-6-10-12/h1-10,14H. The Labute approximate surface area is 110 Å². The van der Waals surface area contributed by atoms with Crippen LogP contribution < -0.4 is 4.89 Å². The van der Waals surface area contributed by atoms with Gasteiger partial charge >= 0.3 is 5.97 Å². The molecule has 5 nitrogen and oxygen atoms in total. The van der Waals surface area contributed by atoms with Crippen LogP contribution in [-0.2, 0) is 14.9 Å². The lowest BCUT2D eigenvalue weighted by Gasteiger charge is -2.06. The van der Waals surface area contributed by atoms with Gasteiger partial charge < -0.3 is 4.84 Å². The van der Waals surface area contributed by atoms with E-state index in [1.54, 1.807) is 41.3 Å². The Morgan fingerprint density at radius 3 is 2.00 bits per heavy atom. The van der Waals surface area contributed by atoms with Crippen molar-refractivity contribution in [1.82, 2.24) is 4.89 Å². The van der Waals surface area contributed by atoms with Crippen molar-refractivity contribution in [3.8, 4) is 0 Å². The van der Waals surface area contributed by atoms with Crippen molar-refractivity contribution in [3.05, 3.63) is 66.2 Å². The molecule has 2 rings (SSSR count). The summed E-state index contributed by atoms with van der Waals surface area (Å²) in [6.45, 7) is 0. The third kappa shape index (κ3) is 3.40. The first-order chi connectivity index (χ1) is 9.09. The van der Waals surface area contributed by atoms with E-state index in [4.69, 9.17) is 0 Å². The van der Waals surface area contributed by atoms with Crippen molar-refractivity contribution in [2.45, 2.75) is 4.90 Å². The van der Waals surface area contributed by atoms with E-state index < -0.39 is 16.0 Å². The molecule has 0 aliphatic rings. The summed E-state index contributed by atoms with van der Waals surface area (Å²) in [5.74, 6) is -0.764. The van der Waals surface area contributed by atoms with Gasteiger partial charge in [-0.1, -0.05) is 36.4 Å². The van der Waals surface area contributed by atoms with Gasteiger partial charge in [-0.05, 0) is 29.2 Å². The Kier molecular flexibility index (Phi) is 3.94. The molecule has 0 amide bonds. The summed E-state index contributed by atoms with van der Waals surface area (Å²) in [6, 6.07) is 15.8. The number of carbonyl (C=O) groups is 1. The Morgan fingerprint density at radius 1 is 0.895 bits per heavy atom. The predicted molar refractivity (Wildman–Crippen MR) is 68.6 cm³/mol. The number of sulfonamides is 1. The molecule has 0 saturated carbocycles. The molecule has 1 N–H and O–H groups in total. The summed E-state index contributed by atoms with van der Waals surface area (Å²) in [5.41, 5.74) is 0.262. The molecule has 6 heteroatoms. The van der Waals surface area contributed by atoms with Gasteiger partial charge in [-0.2, -0.15) is 0 Å². The molecular formula is C13H11NO4S. The number of rotatable bonds is 4. The SMILES string of the molecule is O=C(ONS(=O)(=O)c1ccccc1)c1ccccc1. The molecule has 2 aromatic carbocycles. The lowest BCUT2D eigenvalue weighted by Crippen LogP contribution is -2.27. The summed E-state index contributed by atoms with van der Waals surface area (Å²) in [4.78, 5) is 18.0. The zero-order valence-corrected chi connectivity index (χ0v) is 10.6. The fraction of sp³-hybridized carbons (Fsp3) is 0. The molecule has 0 atom stereocenters. The molecule has 0 saturated heterocycles. The number of nitrogens with one attached hydrogen (secondary N) is 1. The third-order valence-electron chi connectivity index (χ3n) is 2.31. The van der Waals surface area contributed by atoms with E-state index in [9.17, 15) is 13.2 Å². The van der Waals surface area contributed by atoms with Gasteiger partial charge in [0.15, 0.2) is 0 Å². The van der Waals surface area contributed by atoms with E-state index in [1.807, 2.05) is 0 Å². The zero-order chi connectivity index (χ0) is 13.7. The number of carbonyl (C=O) groups excluding carboxylic acids is 1. The Balaban J connectivity index is 2.05. The van der Waals surface area contributed by atoms with Crippen molar-refractivity contribution in [3.63, 3.8) is 0 Å². The van der Waals surface area contributed by atoms with Gasteiger partial charge in [-0.3, -0.25) is 0 Å². The second kappa shape index (κ2) is 5.64. The van der Waals surface area contributed by atoms with Crippen LogP contribution in [0.3, 0.4) is 0 Å². The van der Waals surface area contributed by atoms with E-state index in [2.05, 4.69) is 4.84 Å². The lowest BCUT2D eigenvalue weighted by molar-refractivity contribution is 0.0407. The minimum absolute atomic E-state index is 0.0239. The molecule has 0 fully saturated rings. The fourth-order valence-corrected chi connectivity index (χ4v) is 2.17. The van der Waals surface area contributed by atoms with Crippen LogP contribution in [0.2, 0.25) is 0 Å². The molecule has 98 valence electrons. The molecule has 0 aliphatic heterocycles. The van der Waals surface area contributed by atoms with E-state index in [0.717, 1.165) is 0 Å². The number of benzene rings is 2. The van der Waals surface area contributed by atoms with E-state index in [-0.39, 0.29) is 10.5 Å². The Hall–Kier alpha value is -2.18.